The first-order chi connectivity index (χ1) is 15.4. The van der Waals surface area contributed by atoms with E-state index in [1.807, 2.05) is 0 Å². The fraction of sp³-hybridized carbons (Fsp3) is 0.773. The average Bonchev–Trinajstić information content (AvgIpc) is 3.41. The van der Waals surface area contributed by atoms with Crippen LogP contribution in [0.25, 0.3) is 0 Å². The molecule has 4 amide bonds. The Morgan fingerprint density at radius 2 is 1.82 bits per heavy atom. The molecule has 2 aliphatic rings. The molecule has 0 aromatic rings. The van der Waals surface area contributed by atoms with Crippen LogP contribution in [-0.4, -0.2) is 85.0 Å². The van der Waals surface area contributed by atoms with Gasteiger partial charge in [-0.1, -0.05) is 20.8 Å². The van der Waals surface area contributed by atoms with Crippen molar-refractivity contribution in [3.05, 3.63) is 0 Å². The fourth-order valence-corrected chi connectivity index (χ4v) is 3.70. The summed E-state index contributed by atoms with van der Waals surface area (Å²) >= 11 is 0. The van der Waals surface area contributed by atoms with Crippen molar-refractivity contribution >= 4 is 29.6 Å². The summed E-state index contributed by atoms with van der Waals surface area (Å²) in [6, 6.07) is -2.98. The SMILES string of the molecule is CC(=O)C(C)NC(=O)C1CCCN1C(=O)C(NC(=O)NCC(=O)OC1CCOC1)C(C)(C)C. The highest BCUT2D eigenvalue weighted by Crippen LogP contribution is 2.26. The van der Waals surface area contributed by atoms with Crippen LogP contribution < -0.4 is 16.0 Å². The zero-order valence-corrected chi connectivity index (χ0v) is 20.1. The largest absolute Gasteiger partial charge is 0.459 e. The Balaban J connectivity index is 1.97. The standard InChI is InChI=1S/C22H36N4O7/c1-13(14(2)27)24-19(29)16-7-6-9-26(16)20(30)18(22(3,4)5)25-21(31)23-11-17(28)33-15-8-10-32-12-15/h13,15-16,18H,6-12H2,1-5H3,(H,24,29)(H2,23,25,31). The van der Waals surface area contributed by atoms with E-state index in [-0.39, 0.29) is 24.3 Å². The Morgan fingerprint density at radius 3 is 2.39 bits per heavy atom. The molecule has 0 saturated carbocycles. The van der Waals surface area contributed by atoms with Crippen LogP contribution in [0.1, 0.15) is 53.9 Å². The van der Waals surface area contributed by atoms with Crippen molar-refractivity contribution in [2.24, 2.45) is 5.41 Å². The lowest BCUT2D eigenvalue weighted by molar-refractivity contribution is -0.147. The quantitative estimate of drug-likeness (QED) is 0.429. The molecule has 33 heavy (non-hydrogen) atoms. The van der Waals surface area contributed by atoms with Gasteiger partial charge in [-0.05, 0) is 32.1 Å². The predicted molar refractivity (Wildman–Crippen MR) is 118 cm³/mol. The maximum absolute atomic E-state index is 13.4. The normalized spacial score (nSPS) is 22.3. The minimum atomic E-state index is -0.935. The fourth-order valence-electron chi connectivity index (χ4n) is 3.70. The second-order valence-electron chi connectivity index (χ2n) is 9.63. The van der Waals surface area contributed by atoms with E-state index in [4.69, 9.17) is 9.47 Å². The van der Waals surface area contributed by atoms with Crippen LogP contribution in [0, 0.1) is 5.41 Å². The number of rotatable bonds is 8. The zero-order valence-electron chi connectivity index (χ0n) is 20.1. The van der Waals surface area contributed by atoms with Gasteiger partial charge in [0, 0.05) is 13.0 Å². The molecule has 2 aliphatic heterocycles. The summed E-state index contributed by atoms with van der Waals surface area (Å²) < 4.78 is 10.3. The van der Waals surface area contributed by atoms with Crippen molar-refractivity contribution in [2.45, 2.75) is 78.1 Å². The molecule has 0 radical (unpaired) electrons. The van der Waals surface area contributed by atoms with E-state index in [9.17, 15) is 24.0 Å². The molecule has 0 aromatic heterocycles. The topological polar surface area (TPSA) is 143 Å². The highest BCUT2D eigenvalue weighted by molar-refractivity contribution is 5.95. The lowest BCUT2D eigenvalue weighted by Gasteiger charge is -2.35. The van der Waals surface area contributed by atoms with E-state index in [1.54, 1.807) is 27.7 Å². The molecule has 2 heterocycles. The van der Waals surface area contributed by atoms with Crippen molar-refractivity contribution in [2.75, 3.05) is 26.3 Å². The molecular formula is C22H36N4O7. The van der Waals surface area contributed by atoms with Gasteiger partial charge in [0.1, 0.15) is 24.7 Å². The molecule has 2 rings (SSSR count). The number of carbonyl (C=O) groups excluding carboxylic acids is 5. The molecule has 11 heteroatoms. The summed E-state index contributed by atoms with van der Waals surface area (Å²) in [6.45, 7) is 9.28. The summed E-state index contributed by atoms with van der Waals surface area (Å²) in [5, 5.41) is 7.71. The number of ketones is 1. The molecule has 4 atom stereocenters. The number of carbonyl (C=O) groups is 5. The molecule has 2 saturated heterocycles. The molecule has 186 valence electrons. The van der Waals surface area contributed by atoms with E-state index in [1.165, 1.54) is 11.8 Å². The first kappa shape index (κ1) is 26.6. The zero-order chi connectivity index (χ0) is 24.8. The second-order valence-corrected chi connectivity index (χ2v) is 9.63. The van der Waals surface area contributed by atoms with Crippen LogP contribution in [-0.2, 0) is 28.7 Å². The van der Waals surface area contributed by atoms with Gasteiger partial charge in [-0.3, -0.25) is 19.2 Å². The molecular weight excluding hydrogens is 432 g/mol. The first-order valence-electron chi connectivity index (χ1n) is 11.3. The van der Waals surface area contributed by atoms with Gasteiger partial charge in [-0.15, -0.1) is 0 Å². The minimum absolute atomic E-state index is 0.177. The number of esters is 1. The maximum atomic E-state index is 13.4. The lowest BCUT2D eigenvalue weighted by Crippen LogP contribution is -2.59. The Bertz CT molecular complexity index is 758. The average molecular weight is 469 g/mol. The number of hydrogen-bond acceptors (Lipinski definition) is 7. The number of ether oxygens (including phenoxy) is 2. The van der Waals surface area contributed by atoms with Gasteiger partial charge >= 0.3 is 12.0 Å². The molecule has 0 aromatic carbocycles. The Labute approximate surface area is 194 Å². The number of hydrogen-bond donors (Lipinski definition) is 3. The number of nitrogens with zero attached hydrogens (tertiary/aromatic N) is 1. The number of amides is 4. The summed E-state index contributed by atoms with van der Waals surface area (Å²) in [4.78, 5) is 63.3. The smallest absolute Gasteiger partial charge is 0.325 e. The molecule has 2 fully saturated rings. The number of urea groups is 1. The number of nitrogens with one attached hydrogen (secondary N) is 3. The first-order valence-corrected chi connectivity index (χ1v) is 11.3. The molecule has 0 bridgehead atoms. The molecule has 3 N–H and O–H groups in total. The van der Waals surface area contributed by atoms with E-state index >= 15 is 0 Å². The van der Waals surface area contributed by atoms with Gasteiger partial charge in [-0.2, -0.15) is 0 Å². The van der Waals surface area contributed by atoms with E-state index in [0.717, 1.165) is 0 Å². The van der Waals surface area contributed by atoms with E-state index in [0.29, 0.717) is 39.0 Å². The highest BCUT2D eigenvalue weighted by Gasteiger charge is 2.42. The monoisotopic (exact) mass is 468 g/mol. The summed E-state index contributed by atoms with van der Waals surface area (Å²) in [5.41, 5.74) is -0.660. The number of Topliss-reactive ketones (excluding diaryl/α,β-unsaturated/α-hetero) is 1. The van der Waals surface area contributed by atoms with Gasteiger partial charge in [0.15, 0.2) is 5.78 Å². The van der Waals surface area contributed by atoms with Gasteiger partial charge in [0.05, 0.1) is 19.3 Å². The molecule has 0 spiro atoms. The third-order valence-electron chi connectivity index (χ3n) is 5.77. The highest BCUT2D eigenvalue weighted by atomic mass is 16.6. The Morgan fingerprint density at radius 1 is 1.12 bits per heavy atom. The maximum Gasteiger partial charge on any atom is 0.325 e. The van der Waals surface area contributed by atoms with Crippen molar-refractivity contribution in [3.63, 3.8) is 0 Å². The second kappa shape index (κ2) is 11.4. The van der Waals surface area contributed by atoms with E-state index in [2.05, 4.69) is 16.0 Å². The van der Waals surface area contributed by atoms with Crippen molar-refractivity contribution in [1.82, 2.24) is 20.9 Å². The summed E-state index contributed by atoms with van der Waals surface area (Å²) in [7, 11) is 0. The minimum Gasteiger partial charge on any atom is -0.459 e. The van der Waals surface area contributed by atoms with Gasteiger partial charge in [0.2, 0.25) is 11.8 Å². The molecule has 11 nitrogen and oxygen atoms in total. The van der Waals surface area contributed by atoms with Crippen molar-refractivity contribution < 1.29 is 33.4 Å². The Kier molecular flexibility index (Phi) is 9.21. The van der Waals surface area contributed by atoms with E-state index < -0.39 is 41.4 Å². The third-order valence-corrected chi connectivity index (χ3v) is 5.77. The van der Waals surface area contributed by atoms with Gasteiger partial charge < -0.3 is 30.3 Å². The third kappa shape index (κ3) is 7.69. The number of likely N-dealkylation sites (tertiary alicyclic amines) is 1. The lowest BCUT2D eigenvalue weighted by atomic mass is 9.85. The molecule has 0 aliphatic carbocycles. The van der Waals surface area contributed by atoms with Crippen LogP contribution in [0.4, 0.5) is 4.79 Å². The Hall–Kier alpha value is -2.69. The van der Waals surface area contributed by atoms with Crippen LogP contribution in [0.2, 0.25) is 0 Å². The van der Waals surface area contributed by atoms with Gasteiger partial charge in [-0.25, -0.2) is 4.79 Å². The van der Waals surface area contributed by atoms with Crippen LogP contribution in [0.15, 0.2) is 0 Å². The van der Waals surface area contributed by atoms with Crippen LogP contribution in [0.3, 0.4) is 0 Å². The summed E-state index contributed by atoms with van der Waals surface area (Å²) in [5.74, 6) is -1.55. The van der Waals surface area contributed by atoms with Crippen molar-refractivity contribution in [1.29, 1.82) is 0 Å². The van der Waals surface area contributed by atoms with Crippen LogP contribution in [0.5, 0.6) is 0 Å². The predicted octanol–water partition coefficient (Wildman–Crippen LogP) is 0.117. The van der Waals surface area contributed by atoms with Crippen molar-refractivity contribution in [3.8, 4) is 0 Å². The van der Waals surface area contributed by atoms with Gasteiger partial charge in [0.25, 0.3) is 0 Å². The molecule has 4 unspecified atom stereocenters. The summed E-state index contributed by atoms with van der Waals surface area (Å²) in [6.07, 6.45) is 1.42. The van der Waals surface area contributed by atoms with Crippen LogP contribution >= 0.6 is 0 Å².